The lowest BCUT2D eigenvalue weighted by Crippen LogP contribution is -2.49. The Hall–Kier alpha value is -0.670. The van der Waals surface area contributed by atoms with Gasteiger partial charge in [0.05, 0.1) is 0 Å². The number of aromatic nitrogens is 2. The molecule has 0 radical (unpaired) electrons. The fourth-order valence-electron chi connectivity index (χ4n) is 3.06. The maximum absolute atomic E-state index is 12.6. The molecule has 2 saturated heterocycles. The Morgan fingerprint density at radius 1 is 1.27 bits per heavy atom. The van der Waals surface area contributed by atoms with Crippen molar-refractivity contribution in [2.45, 2.75) is 24.4 Å². The first-order valence-corrected chi connectivity index (χ1v) is 8.87. The maximum Gasteiger partial charge on any atom is 0.262 e. The van der Waals surface area contributed by atoms with Crippen molar-refractivity contribution < 1.29 is 8.42 Å². The van der Waals surface area contributed by atoms with Gasteiger partial charge in [-0.2, -0.15) is 4.31 Å². The molecule has 3 rings (SSSR count). The van der Waals surface area contributed by atoms with Gasteiger partial charge in [-0.15, -0.1) is 12.4 Å². The van der Waals surface area contributed by atoms with Crippen molar-refractivity contribution in [3.63, 3.8) is 0 Å². The molecule has 7 nitrogen and oxygen atoms in total. The van der Waals surface area contributed by atoms with E-state index in [1.807, 2.05) is 14.0 Å². The van der Waals surface area contributed by atoms with Gasteiger partial charge in [-0.3, -0.25) is 4.90 Å². The third kappa shape index (κ3) is 3.30. The van der Waals surface area contributed by atoms with Crippen molar-refractivity contribution in [2.75, 3.05) is 39.3 Å². The number of rotatable bonds is 3. The van der Waals surface area contributed by atoms with Crippen molar-refractivity contribution in [1.29, 1.82) is 0 Å². The number of hydrogen-bond donors (Lipinski definition) is 1. The fourth-order valence-corrected chi connectivity index (χ4v) is 4.57. The number of halogens is 1. The summed E-state index contributed by atoms with van der Waals surface area (Å²) in [5.41, 5.74) is 0. The van der Waals surface area contributed by atoms with Gasteiger partial charge in [-0.1, -0.05) is 0 Å². The largest absolute Gasteiger partial charge is 0.337 e. The normalized spacial score (nSPS) is 24.4. The summed E-state index contributed by atoms with van der Waals surface area (Å²) in [6.07, 6.45) is 2.51. The molecule has 1 N–H and O–H groups in total. The molecule has 0 spiro atoms. The van der Waals surface area contributed by atoms with Gasteiger partial charge in [0.1, 0.15) is 5.82 Å². The Balaban J connectivity index is 0.00000176. The molecule has 22 heavy (non-hydrogen) atoms. The third-order valence-corrected chi connectivity index (χ3v) is 6.22. The van der Waals surface area contributed by atoms with Gasteiger partial charge >= 0.3 is 0 Å². The quantitative estimate of drug-likeness (QED) is 0.819. The molecule has 0 bridgehead atoms. The van der Waals surface area contributed by atoms with Crippen molar-refractivity contribution in [1.82, 2.24) is 24.1 Å². The van der Waals surface area contributed by atoms with E-state index in [0.29, 0.717) is 25.0 Å². The molecule has 1 aromatic rings. The van der Waals surface area contributed by atoms with Crippen LogP contribution in [0.5, 0.6) is 0 Å². The van der Waals surface area contributed by atoms with Crippen molar-refractivity contribution >= 4 is 22.4 Å². The molecule has 2 aliphatic heterocycles. The fraction of sp³-hybridized carbons (Fsp3) is 0.769. The van der Waals surface area contributed by atoms with Crippen LogP contribution in [0.3, 0.4) is 0 Å². The minimum Gasteiger partial charge on any atom is -0.337 e. The Morgan fingerprint density at radius 2 is 1.95 bits per heavy atom. The van der Waals surface area contributed by atoms with E-state index in [1.165, 1.54) is 0 Å². The van der Waals surface area contributed by atoms with Crippen LogP contribution in [0.25, 0.3) is 0 Å². The average molecular weight is 350 g/mol. The van der Waals surface area contributed by atoms with E-state index in [1.54, 1.807) is 15.1 Å². The first kappa shape index (κ1) is 17.7. The highest BCUT2D eigenvalue weighted by atomic mass is 35.5. The number of sulfonamides is 1. The predicted molar refractivity (Wildman–Crippen MR) is 86.8 cm³/mol. The van der Waals surface area contributed by atoms with E-state index in [0.717, 1.165) is 32.6 Å². The van der Waals surface area contributed by atoms with Crippen LogP contribution >= 0.6 is 12.4 Å². The summed E-state index contributed by atoms with van der Waals surface area (Å²) >= 11 is 0. The zero-order chi connectivity index (χ0) is 15.0. The van der Waals surface area contributed by atoms with Gasteiger partial charge in [-0.25, -0.2) is 13.4 Å². The summed E-state index contributed by atoms with van der Waals surface area (Å²) in [6, 6.07) is 0.340. The standard InChI is InChI=1S/C13H23N5O2S.ClH/c1-11-15-13(10-16(11)2)21(19,20)18-6-3-12(9-18)17-7-4-14-5-8-17;/h10,12,14H,3-9H2,1-2H3;1H. The van der Waals surface area contributed by atoms with Crippen LogP contribution in [0, 0.1) is 6.92 Å². The molecule has 0 saturated carbocycles. The number of imidazole rings is 1. The molecule has 2 aliphatic rings. The van der Waals surface area contributed by atoms with Gasteiger partial charge in [0.25, 0.3) is 10.0 Å². The molecular weight excluding hydrogens is 326 g/mol. The summed E-state index contributed by atoms with van der Waals surface area (Å²) in [7, 11) is -1.64. The molecule has 2 fully saturated rings. The number of piperazine rings is 1. The lowest BCUT2D eigenvalue weighted by Gasteiger charge is -2.32. The van der Waals surface area contributed by atoms with Gasteiger partial charge in [0.15, 0.2) is 5.03 Å². The molecule has 1 atom stereocenters. The smallest absolute Gasteiger partial charge is 0.262 e. The zero-order valence-corrected chi connectivity index (χ0v) is 14.7. The molecule has 0 aliphatic carbocycles. The van der Waals surface area contributed by atoms with Gasteiger partial charge in [0.2, 0.25) is 0 Å². The van der Waals surface area contributed by atoms with Crippen LogP contribution in [-0.2, 0) is 17.1 Å². The van der Waals surface area contributed by atoms with Crippen LogP contribution in [-0.4, -0.2) is 72.5 Å². The number of hydrogen-bond acceptors (Lipinski definition) is 5. The Labute approximate surface area is 138 Å². The van der Waals surface area contributed by atoms with Gasteiger partial charge in [-0.05, 0) is 13.3 Å². The van der Waals surface area contributed by atoms with Crippen molar-refractivity contribution in [2.24, 2.45) is 7.05 Å². The van der Waals surface area contributed by atoms with Crippen LogP contribution in [0.1, 0.15) is 12.2 Å². The highest BCUT2D eigenvalue weighted by Gasteiger charge is 2.36. The average Bonchev–Trinajstić information content (AvgIpc) is 3.09. The van der Waals surface area contributed by atoms with Crippen LogP contribution < -0.4 is 5.32 Å². The first-order valence-electron chi connectivity index (χ1n) is 7.43. The predicted octanol–water partition coefficient (Wildman–Crippen LogP) is -0.181. The van der Waals surface area contributed by atoms with E-state index in [-0.39, 0.29) is 17.4 Å². The second-order valence-electron chi connectivity index (χ2n) is 5.83. The molecule has 1 unspecified atom stereocenters. The van der Waals surface area contributed by atoms with E-state index in [4.69, 9.17) is 0 Å². The number of aryl methyl sites for hydroxylation is 2. The highest BCUT2D eigenvalue weighted by Crippen LogP contribution is 2.23. The van der Waals surface area contributed by atoms with Crippen molar-refractivity contribution in [3.8, 4) is 0 Å². The minimum atomic E-state index is -3.45. The molecule has 1 aromatic heterocycles. The zero-order valence-electron chi connectivity index (χ0n) is 13.0. The maximum atomic E-state index is 12.6. The molecule has 9 heteroatoms. The molecule has 0 aromatic carbocycles. The topological polar surface area (TPSA) is 70.5 Å². The van der Waals surface area contributed by atoms with E-state index in [9.17, 15) is 8.42 Å². The number of nitrogens with one attached hydrogen (secondary N) is 1. The number of nitrogens with zero attached hydrogens (tertiary/aromatic N) is 4. The summed E-state index contributed by atoms with van der Waals surface area (Å²) in [5, 5.41) is 3.50. The first-order chi connectivity index (χ1) is 9.98. The van der Waals surface area contributed by atoms with Crippen molar-refractivity contribution in [3.05, 3.63) is 12.0 Å². The van der Waals surface area contributed by atoms with Crippen LogP contribution in [0.2, 0.25) is 0 Å². The SMILES string of the molecule is Cc1nc(S(=O)(=O)N2CCC(N3CCNCC3)C2)cn1C.Cl. The monoisotopic (exact) mass is 349 g/mol. The molecule has 0 amide bonds. The molecular formula is C13H24ClN5O2S. The Kier molecular flexibility index (Phi) is 5.50. The van der Waals surface area contributed by atoms with E-state index in [2.05, 4.69) is 15.2 Å². The summed E-state index contributed by atoms with van der Waals surface area (Å²) in [4.78, 5) is 6.57. The Bertz CT molecular complexity index is 592. The Morgan fingerprint density at radius 3 is 2.55 bits per heavy atom. The molecule has 126 valence electrons. The lowest BCUT2D eigenvalue weighted by atomic mass is 10.2. The molecule has 3 heterocycles. The van der Waals surface area contributed by atoms with Crippen LogP contribution in [0.4, 0.5) is 0 Å². The van der Waals surface area contributed by atoms with E-state index >= 15 is 0 Å². The van der Waals surface area contributed by atoms with Gasteiger partial charge in [0, 0.05) is 58.6 Å². The van der Waals surface area contributed by atoms with Gasteiger partial charge < -0.3 is 9.88 Å². The second kappa shape index (κ2) is 6.84. The summed E-state index contributed by atoms with van der Waals surface area (Å²) < 4.78 is 28.6. The summed E-state index contributed by atoms with van der Waals surface area (Å²) in [5.74, 6) is 0.714. The lowest BCUT2D eigenvalue weighted by molar-refractivity contribution is 0.179. The van der Waals surface area contributed by atoms with Crippen LogP contribution in [0.15, 0.2) is 11.2 Å². The highest BCUT2D eigenvalue weighted by molar-refractivity contribution is 7.89. The van der Waals surface area contributed by atoms with E-state index < -0.39 is 10.0 Å². The summed E-state index contributed by atoms with van der Waals surface area (Å²) in [6.45, 7) is 6.96. The second-order valence-corrected chi connectivity index (χ2v) is 7.71. The third-order valence-electron chi connectivity index (χ3n) is 4.48. The minimum absolute atomic E-state index is 0.